The summed E-state index contributed by atoms with van der Waals surface area (Å²) in [6.45, 7) is 2.66. The molecule has 0 radical (unpaired) electrons. The van der Waals surface area contributed by atoms with Gasteiger partial charge in [-0.25, -0.2) is 4.79 Å². The highest BCUT2D eigenvalue weighted by Crippen LogP contribution is 2.17. The normalized spacial score (nSPS) is 11.8. The van der Waals surface area contributed by atoms with Crippen LogP contribution in [-0.4, -0.2) is 23.8 Å². The molecule has 0 spiro atoms. The van der Waals surface area contributed by atoms with Crippen LogP contribution in [0.3, 0.4) is 0 Å². The third-order valence-corrected chi connectivity index (χ3v) is 4.92. The number of ether oxygens (including phenoxy) is 2. The zero-order valence-corrected chi connectivity index (χ0v) is 17.5. The minimum absolute atomic E-state index is 0.319. The summed E-state index contributed by atoms with van der Waals surface area (Å²) in [6, 6.07) is 18.6. The van der Waals surface area contributed by atoms with Crippen molar-refractivity contribution in [2.45, 2.75) is 71.0 Å². The van der Waals surface area contributed by atoms with Crippen molar-refractivity contribution in [3.63, 3.8) is 0 Å². The van der Waals surface area contributed by atoms with E-state index in [1.807, 2.05) is 30.3 Å². The number of aryl methyl sites for hydroxylation is 1. The second kappa shape index (κ2) is 13.8. The van der Waals surface area contributed by atoms with Gasteiger partial charge in [0.15, 0.2) is 6.10 Å². The fourth-order valence-electron chi connectivity index (χ4n) is 3.22. The molecule has 0 aliphatic rings. The largest absolute Gasteiger partial charge is 0.489 e. The summed E-state index contributed by atoms with van der Waals surface area (Å²) in [7, 11) is 0. The molecule has 2 rings (SSSR count). The van der Waals surface area contributed by atoms with Crippen LogP contribution in [0.15, 0.2) is 54.6 Å². The zero-order chi connectivity index (χ0) is 20.7. The Morgan fingerprint density at radius 1 is 0.862 bits per heavy atom. The average Bonchev–Trinajstić information content (AvgIpc) is 2.75. The van der Waals surface area contributed by atoms with Crippen LogP contribution in [0.4, 0.5) is 0 Å². The highest BCUT2D eigenvalue weighted by atomic mass is 16.5. The van der Waals surface area contributed by atoms with Crippen molar-refractivity contribution >= 4 is 5.97 Å². The fourth-order valence-corrected chi connectivity index (χ4v) is 3.22. The highest BCUT2D eigenvalue weighted by Gasteiger charge is 2.14. The third-order valence-electron chi connectivity index (χ3n) is 4.92. The van der Waals surface area contributed by atoms with E-state index in [-0.39, 0.29) is 0 Å². The molecule has 0 saturated heterocycles. The molecule has 0 saturated carbocycles. The van der Waals surface area contributed by atoms with E-state index in [2.05, 4.69) is 24.3 Å². The summed E-state index contributed by atoms with van der Waals surface area (Å²) in [5.74, 6) is 0.409. The minimum Gasteiger partial charge on any atom is -0.489 e. The lowest BCUT2D eigenvalue weighted by atomic mass is 10.0. The number of aliphatic hydroxyl groups is 1. The number of carbonyl (C=O) groups is 1. The number of hydrogen-bond donors (Lipinski definition) is 1. The van der Waals surface area contributed by atoms with Crippen LogP contribution in [0.5, 0.6) is 5.75 Å². The van der Waals surface area contributed by atoms with Crippen LogP contribution < -0.4 is 4.74 Å². The summed E-state index contributed by atoms with van der Waals surface area (Å²) < 4.78 is 10.6. The SMILES string of the molecule is CCOC(=O)C(O)CCCCCCCCc1ccc(OCc2ccccc2)cc1. The number of hydrogen-bond acceptors (Lipinski definition) is 4. The van der Waals surface area contributed by atoms with Crippen molar-refractivity contribution in [1.82, 2.24) is 0 Å². The van der Waals surface area contributed by atoms with Crippen LogP contribution in [0.1, 0.15) is 63.0 Å². The van der Waals surface area contributed by atoms with Gasteiger partial charge in [-0.15, -0.1) is 0 Å². The monoisotopic (exact) mass is 398 g/mol. The lowest BCUT2D eigenvalue weighted by Crippen LogP contribution is -2.22. The molecule has 0 aliphatic carbocycles. The fraction of sp³-hybridized carbons (Fsp3) is 0.480. The van der Waals surface area contributed by atoms with Crippen molar-refractivity contribution in [2.75, 3.05) is 6.61 Å². The van der Waals surface area contributed by atoms with E-state index in [0.717, 1.165) is 31.4 Å². The van der Waals surface area contributed by atoms with E-state index in [4.69, 9.17) is 9.47 Å². The van der Waals surface area contributed by atoms with Crippen molar-refractivity contribution in [2.24, 2.45) is 0 Å². The van der Waals surface area contributed by atoms with E-state index >= 15 is 0 Å². The molecule has 1 N–H and O–H groups in total. The van der Waals surface area contributed by atoms with E-state index in [1.165, 1.54) is 30.4 Å². The molecule has 4 nitrogen and oxygen atoms in total. The number of benzene rings is 2. The Morgan fingerprint density at radius 2 is 1.52 bits per heavy atom. The van der Waals surface area contributed by atoms with Gasteiger partial charge in [-0.2, -0.15) is 0 Å². The zero-order valence-electron chi connectivity index (χ0n) is 17.5. The van der Waals surface area contributed by atoms with Gasteiger partial charge in [0.05, 0.1) is 6.61 Å². The molecule has 29 heavy (non-hydrogen) atoms. The maximum absolute atomic E-state index is 11.3. The van der Waals surface area contributed by atoms with Crippen LogP contribution in [0, 0.1) is 0 Å². The molecule has 1 unspecified atom stereocenters. The van der Waals surface area contributed by atoms with Gasteiger partial charge in [-0.1, -0.05) is 74.6 Å². The lowest BCUT2D eigenvalue weighted by molar-refractivity contribution is -0.153. The second-order valence-electron chi connectivity index (χ2n) is 7.35. The first-order valence-electron chi connectivity index (χ1n) is 10.8. The molecular weight excluding hydrogens is 364 g/mol. The van der Waals surface area contributed by atoms with Crippen LogP contribution in [0.25, 0.3) is 0 Å². The molecule has 0 fully saturated rings. The lowest BCUT2D eigenvalue weighted by Gasteiger charge is -2.09. The summed E-state index contributed by atoms with van der Waals surface area (Å²) in [5.41, 5.74) is 2.52. The van der Waals surface area contributed by atoms with Crippen LogP contribution in [0.2, 0.25) is 0 Å². The molecule has 0 amide bonds. The Kier molecular flexibility index (Phi) is 10.9. The van der Waals surface area contributed by atoms with Gasteiger partial charge >= 0.3 is 5.97 Å². The van der Waals surface area contributed by atoms with Crippen molar-refractivity contribution in [1.29, 1.82) is 0 Å². The van der Waals surface area contributed by atoms with E-state index in [0.29, 0.717) is 19.6 Å². The molecule has 0 aromatic heterocycles. The maximum atomic E-state index is 11.3. The first-order chi connectivity index (χ1) is 14.2. The quantitative estimate of drug-likeness (QED) is 0.339. The Balaban J connectivity index is 1.50. The standard InChI is InChI=1S/C25H34O4/c1-2-28-25(27)24(26)15-11-6-4-3-5-8-12-21-16-18-23(19-17-21)29-20-22-13-9-7-10-14-22/h7,9-10,13-14,16-19,24,26H,2-6,8,11-12,15,20H2,1H3. The summed E-state index contributed by atoms with van der Waals surface area (Å²) in [5, 5.41) is 9.64. The van der Waals surface area contributed by atoms with Crippen molar-refractivity contribution in [3.8, 4) is 5.75 Å². The van der Waals surface area contributed by atoms with Gasteiger partial charge in [0.25, 0.3) is 0 Å². The van der Waals surface area contributed by atoms with E-state index in [9.17, 15) is 9.90 Å². The molecule has 0 heterocycles. The van der Waals surface area contributed by atoms with Gasteiger partial charge in [0.1, 0.15) is 12.4 Å². The van der Waals surface area contributed by atoms with Gasteiger partial charge in [0.2, 0.25) is 0 Å². The van der Waals surface area contributed by atoms with Crippen LogP contribution >= 0.6 is 0 Å². The third kappa shape index (κ3) is 9.62. The number of esters is 1. The topological polar surface area (TPSA) is 55.8 Å². The minimum atomic E-state index is -0.963. The Hall–Kier alpha value is -2.33. The molecule has 2 aromatic carbocycles. The second-order valence-corrected chi connectivity index (χ2v) is 7.35. The number of carbonyl (C=O) groups excluding carboxylic acids is 1. The Morgan fingerprint density at radius 3 is 2.21 bits per heavy atom. The van der Waals surface area contributed by atoms with Gasteiger partial charge in [-0.3, -0.25) is 0 Å². The van der Waals surface area contributed by atoms with Crippen molar-refractivity contribution in [3.05, 3.63) is 65.7 Å². The molecule has 158 valence electrons. The molecule has 0 aliphatic heterocycles. The number of aliphatic hydroxyl groups excluding tert-OH is 1. The Bertz CT molecular complexity index is 682. The average molecular weight is 399 g/mol. The van der Waals surface area contributed by atoms with E-state index < -0.39 is 12.1 Å². The smallest absolute Gasteiger partial charge is 0.334 e. The van der Waals surface area contributed by atoms with E-state index in [1.54, 1.807) is 6.92 Å². The summed E-state index contributed by atoms with van der Waals surface area (Å²) in [6.07, 6.45) is 7.24. The van der Waals surface area contributed by atoms with Crippen LogP contribution in [-0.2, 0) is 22.6 Å². The van der Waals surface area contributed by atoms with Crippen molar-refractivity contribution < 1.29 is 19.4 Å². The van der Waals surface area contributed by atoms with Gasteiger partial charge in [0, 0.05) is 0 Å². The first kappa shape index (κ1) is 23.0. The number of rotatable bonds is 14. The molecule has 4 heteroatoms. The molecular formula is C25H34O4. The first-order valence-corrected chi connectivity index (χ1v) is 10.8. The Labute approximate surface area is 174 Å². The van der Waals surface area contributed by atoms with Gasteiger partial charge < -0.3 is 14.6 Å². The van der Waals surface area contributed by atoms with Gasteiger partial charge in [-0.05, 0) is 49.4 Å². The summed E-state index contributed by atoms with van der Waals surface area (Å²) >= 11 is 0. The molecule has 2 aromatic rings. The molecule has 1 atom stereocenters. The summed E-state index contributed by atoms with van der Waals surface area (Å²) in [4.78, 5) is 11.3. The maximum Gasteiger partial charge on any atom is 0.334 e. The predicted octanol–water partition coefficient (Wildman–Crippen LogP) is 5.46. The number of unbranched alkanes of at least 4 members (excludes halogenated alkanes) is 5. The highest BCUT2D eigenvalue weighted by molar-refractivity contribution is 5.74. The molecule has 0 bridgehead atoms. The predicted molar refractivity (Wildman–Crippen MR) is 116 cm³/mol.